The Balaban J connectivity index is 1.43. The fourth-order valence-corrected chi connectivity index (χ4v) is 7.24. The van der Waals surface area contributed by atoms with Gasteiger partial charge in [-0.1, -0.05) is 49.3 Å². The lowest BCUT2D eigenvalue weighted by Crippen LogP contribution is -2.36. The number of nitrogens with two attached hydrogens (primary N) is 1. The monoisotopic (exact) mass is 505 g/mol. The fraction of sp³-hybridized carbons (Fsp3) is 0.722. The Morgan fingerprint density at radius 3 is 2.88 bits per heavy atom. The molecule has 0 saturated carbocycles. The second-order valence-corrected chi connectivity index (χ2v) is 13.4. The highest BCUT2D eigenvalue weighted by atomic mass is 33.1. The number of anilines is 1. The molecule has 2 saturated heterocycles. The summed E-state index contributed by atoms with van der Waals surface area (Å²) in [5.41, 5.74) is 6.78. The summed E-state index contributed by atoms with van der Waals surface area (Å²) in [6.07, 6.45) is 0.267. The van der Waals surface area contributed by atoms with Gasteiger partial charge in [-0.25, -0.2) is 9.55 Å². The molecule has 2 fully saturated rings. The van der Waals surface area contributed by atoms with Gasteiger partial charge in [-0.05, 0) is 0 Å². The minimum Gasteiger partial charge on any atom is -0.479 e. The molecule has 0 radical (unpaired) electrons. The van der Waals surface area contributed by atoms with Crippen molar-refractivity contribution in [3.05, 3.63) is 6.33 Å². The van der Waals surface area contributed by atoms with E-state index < -0.39 is 26.3 Å². The number of hydrogen-bond acceptors (Lipinski definition) is 12. The lowest BCUT2D eigenvalue weighted by Gasteiger charge is -2.31. The SMILES string of the molecule is COc1nc(N)nc2c1ncn2[C@@H]1O[C@@H]2CO[P@@](=O)(OCCSSC(C)(C)C)O[C@H]2[C@@H]1C. The smallest absolute Gasteiger partial charge is 0.475 e. The third kappa shape index (κ3) is 5.03. The first-order valence-electron chi connectivity index (χ1n) is 10.2. The summed E-state index contributed by atoms with van der Waals surface area (Å²) in [6.45, 7) is 8.74. The van der Waals surface area contributed by atoms with Gasteiger partial charge in [-0.15, -0.1) is 0 Å². The van der Waals surface area contributed by atoms with Crippen molar-refractivity contribution in [1.29, 1.82) is 0 Å². The van der Waals surface area contributed by atoms with Gasteiger partial charge in [0, 0.05) is 16.4 Å². The molecule has 14 heteroatoms. The van der Waals surface area contributed by atoms with Gasteiger partial charge in [0.15, 0.2) is 11.2 Å². The van der Waals surface area contributed by atoms with E-state index in [1.54, 1.807) is 32.5 Å². The highest BCUT2D eigenvalue weighted by Gasteiger charge is 2.52. The van der Waals surface area contributed by atoms with Crippen LogP contribution in [0.4, 0.5) is 5.95 Å². The number of aromatic nitrogens is 4. The molecule has 4 heterocycles. The molecule has 4 rings (SSSR count). The van der Waals surface area contributed by atoms with E-state index in [0.29, 0.717) is 16.9 Å². The normalized spacial score (nSPS) is 30.5. The summed E-state index contributed by atoms with van der Waals surface area (Å²) in [4.78, 5) is 12.7. The zero-order valence-electron chi connectivity index (χ0n) is 18.6. The van der Waals surface area contributed by atoms with Crippen LogP contribution >= 0.6 is 29.4 Å². The van der Waals surface area contributed by atoms with Gasteiger partial charge in [0.1, 0.15) is 18.4 Å². The predicted octanol–water partition coefficient (Wildman–Crippen LogP) is 3.67. The lowest BCUT2D eigenvalue weighted by molar-refractivity contribution is -0.0700. The van der Waals surface area contributed by atoms with Gasteiger partial charge in [-0.2, -0.15) is 9.97 Å². The number of rotatable bonds is 7. The maximum Gasteiger partial charge on any atom is 0.475 e. The molecule has 0 bridgehead atoms. The standard InChI is InChI=1S/C18H28N5O6PS2/c1-10-13-11(8-27-30(24,29-13)26-6-7-31-32-18(2,3)4)28-16(10)23-9-20-12-14(23)21-17(19)22-15(12)25-5/h9-11,13,16H,6-8H2,1-5H3,(H2,19,21,22)/t10-,11+,13-,16+,30+/m0/s1. The molecular formula is C18H28N5O6PS2. The number of hydrogen-bond donors (Lipinski definition) is 1. The third-order valence-electron chi connectivity index (χ3n) is 4.90. The highest BCUT2D eigenvalue weighted by Crippen LogP contribution is 2.58. The van der Waals surface area contributed by atoms with E-state index in [0.717, 1.165) is 0 Å². The van der Waals surface area contributed by atoms with Crippen LogP contribution in [0.5, 0.6) is 5.88 Å². The van der Waals surface area contributed by atoms with E-state index in [2.05, 4.69) is 35.7 Å². The third-order valence-corrected chi connectivity index (χ3v) is 9.67. The number of ether oxygens (including phenoxy) is 2. The van der Waals surface area contributed by atoms with Crippen molar-refractivity contribution in [3.63, 3.8) is 0 Å². The van der Waals surface area contributed by atoms with Crippen molar-refractivity contribution in [2.45, 2.75) is 50.9 Å². The number of phosphoric acid groups is 1. The summed E-state index contributed by atoms with van der Waals surface area (Å²) in [5, 5.41) is 0. The molecule has 2 aromatic heterocycles. The first-order valence-corrected chi connectivity index (χ1v) is 14.0. The Hall–Kier alpha value is -1.08. The number of nitrogen functional groups attached to an aromatic ring is 1. The van der Waals surface area contributed by atoms with E-state index in [4.69, 9.17) is 28.8 Å². The Kier molecular flexibility index (Phi) is 6.98. The summed E-state index contributed by atoms with van der Waals surface area (Å²) < 4.78 is 43.1. The lowest BCUT2D eigenvalue weighted by atomic mass is 10.0. The van der Waals surface area contributed by atoms with Gasteiger partial charge in [-0.3, -0.25) is 18.1 Å². The molecule has 11 nitrogen and oxygen atoms in total. The van der Waals surface area contributed by atoms with Crippen molar-refractivity contribution < 1.29 is 27.6 Å². The second kappa shape index (κ2) is 9.28. The van der Waals surface area contributed by atoms with Crippen molar-refractivity contribution in [2.24, 2.45) is 5.92 Å². The van der Waals surface area contributed by atoms with Crippen LogP contribution in [0.15, 0.2) is 6.33 Å². The van der Waals surface area contributed by atoms with E-state index in [1.807, 2.05) is 6.92 Å². The Morgan fingerprint density at radius 1 is 1.38 bits per heavy atom. The van der Waals surface area contributed by atoms with E-state index >= 15 is 0 Å². The van der Waals surface area contributed by atoms with E-state index in [9.17, 15) is 4.57 Å². The second-order valence-electron chi connectivity index (χ2n) is 8.50. The van der Waals surface area contributed by atoms with Crippen molar-refractivity contribution >= 4 is 46.5 Å². The Morgan fingerprint density at radius 2 is 2.16 bits per heavy atom. The largest absolute Gasteiger partial charge is 0.479 e. The van der Waals surface area contributed by atoms with Gasteiger partial charge in [0.05, 0.1) is 26.7 Å². The first-order chi connectivity index (χ1) is 15.1. The van der Waals surface area contributed by atoms with Crippen molar-refractivity contribution in [2.75, 3.05) is 31.8 Å². The average molecular weight is 506 g/mol. The molecule has 2 N–H and O–H groups in total. The number of phosphoric ester groups is 1. The number of fused-ring (bicyclic) bond motifs is 2. The molecule has 178 valence electrons. The quantitative estimate of drug-likeness (QED) is 0.334. The van der Waals surface area contributed by atoms with Gasteiger partial charge in [0.25, 0.3) is 0 Å². The van der Waals surface area contributed by atoms with Gasteiger partial charge in [0.2, 0.25) is 11.8 Å². The number of methoxy groups -OCH3 is 1. The van der Waals surface area contributed by atoms with Crippen LogP contribution in [0, 0.1) is 5.92 Å². The van der Waals surface area contributed by atoms with Crippen molar-refractivity contribution in [1.82, 2.24) is 19.5 Å². The molecule has 0 aliphatic carbocycles. The zero-order valence-corrected chi connectivity index (χ0v) is 21.1. The molecule has 0 unspecified atom stereocenters. The van der Waals surface area contributed by atoms with Crippen LogP contribution in [0.25, 0.3) is 11.2 Å². The summed E-state index contributed by atoms with van der Waals surface area (Å²) >= 11 is 0. The Bertz CT molecular complexity index is 1020. The minimum absolute atomic E-state index is 0.0687. The van der Waals surface area contributed by atoms with Crippen LogP contribution in [-0.4, -0.2) is 62.6 Å². The molecule has 0 amide bonds. The Labute approximate surface area is 194 Å². The summed E-state index contributed by atoms with van der Waals surface area (Å²) in [6, 6.07) is 0. The topological polar surface area (TPSA) is 133 Å². The molecule has 2 aliphatic heterocycles. The molecular weight excluding hydrogens is 477 g/mol. The fourth-order valence-electron chi connectivity index (χ4n) is 3.55. The predicted molar refractivity (Wildman–Crippen MR) is 124 cm³/mol. The van der Waals surface area contributed by atoms with Crippen LogP contribution in [0.1, 0.15) is 33.9 Å². The summed E-state index contributed by atoms with van der Waals surface area (Å²) in [5.74, 6) is 0.852. The van der Waals surface area contributed by atoms with Crippen LogP contribution in [-0.2, 0) is 22.9 Å². The van der Waals surface area contributed by atoms with Gasteiger partial charge >= 0.3 is 7.82 Å². The molecule has 32 heavy (non-hydrogen) atoms. The van der Waals surface area contributed by atoms with Gasteiger partial charge < -0.3 is 15.2 Å². The number of imidazole rings is 1. The summed E-state index contributed by atoms with van der Waals surface area (Å²) in [7, 11) is 1.24. The molecule has 0 aromatic carbocycles. The van der Waals surface area contributed by atoms with Crippen molar-refractivity contribution in [3.8, 4) is 5.88 Å². The van der Waals surface area contributed by atoms with E-state index in [1.165, 1.54) is 7.11 Å². The first kappa shape index (κ1) is 24.1. The maximum absolute atomic E-state index is 13.0. The zero-order chi connectivity index (χ0) is 23.1. The molecule has 2 aromatic rings. The average Bonchev–Trinajstić information content (AvgIpc) is 3.27. The van der Waals surface area contributed by atoms with Crippen LogP contribution in [0.3, 0.4) is 0 Å². The highest BCUT2D eigenvalue weighted by molar-refractivity contribution is 8.77. The van der Waals surface area contributed by atoms with E-state index in [-0.39, 0.29) is 35.7 Å². The number of nitrogens with zero attached hydrogens (tertiary/aromatic N) is 4. The molecule has 0 spiro atoms. The molecule has 2 aliphatic rings. The molecule has 5 atom stereocenters. The minimum atomic E-state index is -3.67. The maximum atomic E-state index is 13.0. The van der Waals surface area contributed by atoms with Crippen LogP contribution in [0.2, 0.25) is 0 Å². The van der Waals surface area contributed by atoms with Crippen LogP contribution < -0.4 is 10.5 Å².